The Kier molecular flexibility index (Phi) is 4.39. The molecule has 3 rings (SSSR count). The van der Waals surface area contributed by atoms with Crippen LogP contribution in [0.3, 0.4) is 0 Å². The summed E-state index contributed by atoms with van der Waals surface area (Å²) >= 11 is 0. The van der Waals surface area contributed by atoms with Crippen molar-refractivity contribution in [3.8, 4) is 0 Å². The minimum atomic E-state index is -0.438. The Morgan fingerprint density at radius 1 is 1.36 bits per heavy atom. The SMILES string of the molecule is O=C(NC[C@H](O)C1CC1)Nc1cnn(Cc2ccccc2)c1. The molecule has 0 radical (unpaired) electrons. The molecular formula is C16H20N4O2. The molecule has 0 unspecified atom stereocenters. The van der Waals surface area contributed by atoms with Crippen molar-refractivity contribution < 1.29 is 9.90 Å². The highest BCUT2D eigenvalue weighted by Crippen LogP contribution is 2.32. The Bertz CT molecular complexity index is 622. The Labute approximate surface area is 129 Å². The minimum Gasteiger partial charge on any atom is -0.391 e. The van der Waals surface area contributed by atoms with Crippen LogP contribution in [-0.2, 0) is 6.54 Å². The monoisotopic (exact) mass is 300 g/mol. The number of benzene rings is 1. The van der Waals surface area contributed by atoms with Crippen LogP contribution in [-0.4, -0.2) is 33.6 Å². The van der Waals surface area contributed by atoms with E-state index in [1.807, 2.05) is 30.3 Å². The molecule has 0 bridgehead atoms. The molecule has 1 saturated carbocycles. The lowest BCUT2D eigenvalue weighted by Gasteiger charge is -2.10. The summed E-state index contributed by atoms with van der Waals surface area (Å²) < 4.78 is 1.77. The fourth-order valence-electron chi connectivity index (χ4n) is 2.31. The van der Waals surface area contributed by atoms with Crippen molar-refractivity contribution in [1.29, 1.82) is 0 Å². The van der Waals surface area contributed by atoms with E-state index in [0.29, 0.717) is 18.2 Å². The van der Waals surface area contributed by atoms with Crippen molar-refractivity contribution in [2.24, 2.45) is 5.92 Å². The van der Waals surface area contributed by atoms with Crippen LogP contribution in [0.25, 0.3) is 0 Å². The molecule has 2 amide bonds. The lowest BCUT2D eigenvalue weighted by molar-refractivity contribution is 0.150. The average molecular weight is 300 g/mol. The van der Waals surface area contributed by atoms with Gasteiger partial charge in [0.15, 0.2) is 0 Å². The van der Waals surface area contributed by atoms with E-state index in [4.69, 9.17) is 0 Å². The maximum Gasteiger partial charge on any atom is 0.319 e. The largest absolute Gasteiger partial charge is 0.391 e. The number of carbonyl (C=O) groups excluding carboxylic acids is 1. The van der Waals surface area contributed by atoms with Gasteiger partial charge in [0.1, 0.15) is 0 Å². The molecule has 1 fully saturated rings. The zero-order valence-electron chi connectivity index (χ0n) is 12.3. The maximum atomic E-state index is 11.8. The number of nitrogens with one attached hydrogen (secondary N) is 2. The van der Waals surface area contributed by atoms with Crippen molar-refractivity contribution in [3.05, 3.63) is 48.3 Å². The molecule has 1 heterocycles. The first-order chi connectivity index (χ1) is 10.7. The number of rotatable bonds is 6. The van der Waals surface area contributed by atoms with E-state index in [1.54, 1.807) is 17.1 Å². The molecule has 6 heteroatoms. The first-order valence-electron chi connectivity index (χ1n) is 7.50. The lowest BCUT2D eigenvalue weighted by Crippen LogP contribution is -2.36. The topological polar surface area (TPSA) is 79.2 Å². The van der Waals surface area contributed by atoms with E-state index in [2.05, 4.69) is 15.7 Å². The lowest BCUT2D eigenvalue weighted by atomic mass is 10.2. The van der Waals surface area contributed by atoms with Crippen LogP contribution in [0, 0.1) is 5.92 Å². The summed E-state index contributed by atoms with van der Waals surface area (Å²) in [6, 6.07) is 9.67. The molecule has 2 aromatic rings. The molecule has 1 aliphatic rings. The Morgan fingerprint density at radius 3 is 2.86 bits per heavy atom. The first-order valence-corrected chi connectivity index (χ1v) is 7.50. The highest BCUT2D eigenvalue weighted by Gasteiger charge is 2.29. The summed E-state index contributed by atoms with van der Waals surface area (Å²) in [4.78, 5) is 11.8. The summed E-state index contributed by atoms with van der Waals surface area (Å²) in [6.07, 6.45) is 5.06. The molecule has 1 aromatic carbocycles. The number of urea groups is 1. The number of nitrogens with zero attached hydrogens (tertiary/aromatic N) is 2. The number of anilines is 1. The van der Waals surface area contributed by atoms with Crippen LogP contribution in [0.2, 0.25) is 0 Å². The van der Waals surface area contributed by atoms with Gasteiger partial charge in [-0.15, -0.1) is 0 Å². The number of aromatic nitrogens is 2. The molecule has 3 N–H and O–H groups in total. The second-order valence-electron chi connectivity index (χ2n) is 5.65. The van der Waals surface area contributed by atoms with Gasteiger partial charge in [0.05, 0.1) is 24.5 Å². The zero-order valence-corrected chi connectivity index (χ0v) is 12.3. The van der Waals surface area contributed by atoms with Crippen molar-refractivity contribution >= 4 is 11.7 Å². The van der Waals surface area contributed by atoms with Gasteiger partial charge in [-0.05, 0) is 24.3 Å². The highest BCUT2D eigenvalue weighted by molar-refractivity contribution is 5.88. The number of carbonyl (C=O) groups is 1. The van der Waals surface area contributed by atoms with Crippen molar-refractivity contribution in [2.45, 2.75) is 25.5 Å². The molecule has 116 valence electrons. The molecule has 1 aliphatic carbocycles. The third kappa shape index (κ3) is 4.08. The molecule has 6 nitrogen and oxygen atoms in total. The first kappa shape index (κ1) is 14.6. The van der Waals surface area contributed by atoms with Gasteiger partial charge < -0.3 is 15.7 Å². The van der Waals surface area contributed by atoms with Crippen molar-refractivity contribution in [3.63, 3.8) is 0 Å². The van der Waals surface area contributed by atoms with E-state index in [0.717, 1.165) is 18.4 Å². The fraction of sp³-hybridized carbons (Fsp3) is 0.375. The van der Waals surface area contributed by atoms with Crippen LogP contribution in [0.4, 0.5) is 10.5 Å². The quantitative estimate of drug-likeness (QED) is 0.761. The third-order valence-corrected chi connectivity index (χ3v) is 3.72. The second-order valence-corrected chi connectivity index (χ2v) is 5.65. The number of amides is 2. The molecule has 0 spiro atoms. The smallest absolute Gasteiger partial charge is 0.319 e. The van der Waals surface area contributed by atoms with Gasteiger partial charge in [0, 0.05) is 12.7 Å². The van der Waals surface area contributed by atoms with Crippen LogP contribution in [0.15, 0.2) is 42.7 Å². The molecule has 22 heavy (non-hydrogen) atoms. The molecular weight excluding hydrogens is 280 g/mol. The van der Waals surface area contributed by atoms with Crippen LogP contribution >= 0.6 is 0 Å². The Hall–Kier alpha value is -2.34. The average Bonchev–Trinajstić information content (AvgIpc) is 3.29. The van der Waals surface area contributed by atoms with Gasteiger partial charge in [-0.1, -0.05) is 30.3 Å². The Morgan fingerprint density at radius 2 is 2.14 bits per heavy atom. The minimum absolute atomic E-state index is 0.286. The van der Waals surface area contributed by atoms with Gasteiger partial charge in [-0.2, -0.15) is 5.10 Å². The number of hydrogen-bond donors (Lipinski definition) is 3. The molecule has 1 atom stereocenters. The molecule has 0 aliphatic heterocycles. The molecule has 1 aromatic heterocycles. The summed E-state index contributed by atoms with van der Waals surface area (Å²) in [5.41, 5.74) is 1.78. The van der Waals surface area contributed by atoms with Crippen molar-refractivity contribution in [1.82, 2.24) is 15.1 Å². The van der Waals surface area contributed by atoms with Gasteiger partial charge in [0.2, 0.25) is 0 Å². The summed E-state index contributed by atoms with van der Waals surface area (Å²) in [6.45, 7) is 0.944. The van der Waals surface area contributed by atoms with Crippen LogP contribution < -0.4 is 10.6 Å². The predicted octanol–water partition coefficient (Wildman–Crippen LogP) is 1.82. The van der Waals surface area contributed by atoms with E-state index >= 15 is 0 Å². The van der Waals surface area contributed by atoms with E-state index < -0.39 is 6.10 Å². The zero-order chi connectivity index (χ0) is 15.4. The van der Waals surface area contributed by atoms with Gasteiger partial charge in [-0.25, -0.2) is 4.79 Å². The van der Waals surface area contributed by atoms with Crippen LogP contribution in [0.5, 0.6) is 0 Å². The summed E-state index contributed by atoms with van der Waals surface area (Å²) in [5, 5.41) is 19.3. The van der Waals surface area contributed by atoms with Crippen LogP contribution in [0.1, 0.15) is 18.4 Å². The maximum absolute atomic E-state index is 11.8. The fourth-order valence-corrected chi connectivity index (χ4v) is 2.31. The highest BCUT2D eigenvalue weighted by atomic mass is 16.3. The van der Waals surface area contributed by atoms with E-state index in [-0.39, 0.29) is 12.6 Å². The van der Waals surface area contributed by atoms with Gasteiger partial charge in [0.25, 0.3) is 0 Å². The molecule has 0 saturated heterocycles. The van der Waals surface area contributed by atoms with Gasteiger partial charge in [-0.3, -0.25) is 4.68 Å². The third-order valence-electron chi connectivity index (χ3n) is 3.72. The predicted molar refractivity (Wildman–Crippen MR) is 83.5 cm³/mol. The second kappa shape index (κ2) is 6.62. The standard InChI is InChI=1S/C16H20N4O2/c21-15(13-6-7-13)9-17-16(22)19-14-8-18-20(11-14)10-12-4-2-1-3-5-12/h1-5,8,11,13,15,21H,6-7,9-10H2,(H2,17,19,22)/t15-/m0/s1. The summed E-state index contributed by atoms with van der Waals surface area (Å²) in [7, 11) is 0. The van der Waals surface area contributed by atoms with E-state index in [9.17, 15) is 9.90 Å². The Balaban J connectivity index is 1.47. The number of aliphatic hydroxyl groups excluding tert-OH is 1. The van der Waals surface area contributed by atoms with Crippen molar-refractivity contribution in [2.75, 3.05) is 11.9 Å². The number of hydrogen-bond acceptors (Lipinski definition) is 3. The van der Waals surface area contributed by atoms with Gasteiger partial charge >= 0.3 is 6.03 Å². The normalized spacial score (nSPS) is 15.3. The van der Waals surface area contributed by atoms with E-state index in [1.165, 1.54) is 0 Å². The summed E-state index contributed by atoms with van der Waals surface area (Å²) in [5.74, 6) is 0.355. The number of aliphatic hydroxyl groups is 1.